The molecule has 4 heteroatoms. The summed E-state index contributed by atoms with van der Waals surface area (Å²) in [6, 6.07) is 5.89. The van der Waals surface area contributed by atoms with Crippen molar-refractivity contribution in [3.8, 4) is 5.75 Å². The number of aryl methyl sites for hydroxylation is 1. The molecule has 2 N–H and O–H groups in total. The summed E-state index contributed by atoms with van der Waals surface area (Å²) in [6.07, 6.45) is 0. The van der Waals surface area contributed by atoms with E-state index in [4.69, 9.17) is 10.5 Å². The number of hydrogen-bond donors (Lipinski definition) is 1. The van der Waals surface area contributed by atoms with E-state index in [9.17, 15) is 0 Å². The number of hydrogen-bond acceptors (Lipinski definition) is 3. The van der Waals surface area contributed by atoms with Crippen LogP contribution in [0.4, 0.5) is 0 Å². The second-order valence-electron chi connectivity index (χ2n) is 3.33. The Morgan fingerprint density at radius 3 is 2.87 bits per heavy atom. The van der Waals surface area contributed by atoms with E-state index in [0.29, 0.717) is 6.54 Å². The number of methoxy groups -OCH3 is 1. The molecule has 4 nitrogen and oxygen atoms in total. The first-order chi connectivity index (χ1) is 7.30. The minimum atomic E-state index is 0.463. The van der Waals surface area contributed by atoms with Crippen molar-refractivity contribution in [2.45, 2.75) is 20.0 Å². The van der Waals surface area contributed by atoms with Crippen LogP contribution in [-0.2, 0) is 13.1 Å². The smallest absolute Gasteiger partial charge is 0.123 e. The monoisotopic (exact) mass is 205 g/mol. The molecule has 0 atom stereocenters. The van der Waals surface area contributed by atoms with Crippen molar-refractivity contribution in [3.63, 3.8) is 0 Å². The first-order valence-corrected chi connectivity index (χ1v) is 5.03. The van der Waals surface area contributed by atoms with Gasteiger partial charge in [-0.25, -0.2) is 4.98 Å². The predicted octanol–water partition coefficient (Wildman–Crippen LogP) is 1.52. The van der Waals surface area contributed by atoms with Gasteiger partial charge in [0.25, 0.3) is 0 Å². The lowest BCUT2D eigenvalue weighted by Gasteiger charge is -2.03. The average Bonchev–Trinajstić information content (AvgIpc) is 2.65. The summed E-state index contributed by atoms with van der Waals surface area (Å²) in [7, 11) is 1.65. The van der Waals surface area contributed by atoms with Gasteiger partial charge in [0, 0.05) is 12.6 Å². The van der Waals surface area contributed by atoms with E-state index >= 15 is 0 Å². The summed E-state index contributed by atoms with van der Waals surface area (Å²) in [5.41, 5.74) is 7.70. The predicted molar refractivity (Wildman–Crippen MR) is 59.9 cm³/mol. The summed E-state index contributed by atoms with van der Waals surface area (Å²) in [5.74, 6) is 1.74. The molecule has 0 unspecified atom stereocenters. The fraction of sp³-hybridized carbons (Fsp3) is 0.364. The molecule has 0 bridgehead atoms. The number of nitrogens with two attached hydrogens (primary N) is 1. The Morgan fingerprint density at radius 1 is 1.47 bits per heavy atom. The van der Waals surface area contributed by atoms with Crippen LogP contribution < -0.4 is 10.5 Å². The van der Waals surface area contributed by atoms with Gasteiger partial charge in [-0.1, -0.05) is 0 Å². The lowest BCUT2D eigenvalue weighted by atomic mass is 10.3. The fourth-order valence-electron chi connectivity index (χ4n) is 1.80. The summed E-state index contributed by atoms with van der Waals surface area (Å²) in [5, 5.41) is 0. The van der Waals surface area contributed by atoms with Gasteiger partial charge in [0.1, 0.15) is 11.6 Å². The highest BCUT2D eigenvalue weighted by molar-refractivity contribution is 5.77. The SMILES string of the molecule is CCn1c(CN)nc2cc(OC)ccc21. The third-order valence-corrected chi connectivity index (χ3v) is 2.53. The highest BCUT2D eigenvalue weighted by Gasteiger charge is 2.08. The van der Waals surface area contributed by atoms with Gasteiger partial charge in [0.2, 0.25) is 0 Å². The van der Waals surface area contributed by atoms with Crippen LogP contribution in [0.15, 0.2) is 18.2 Å². The van der Waals surface area contributed by atoms with Gasteiger partial charge in [-0.15, -0.1) is 0 Å². The maximum absolute atomic E-state index is 5.65. The molecule has 0 aliphatic carbocycles. The first-order valence-electron chi connectivity index (χ1n) is 5.03. The van der Waals surface area contributed by atoms with Gasteiger partial charge < -0.3 is 15.0 Å². The van der Waals surface area contributed by atoms with Crippen LogP contribution in [0.5, 0.6) is 5.75 Å². The van der Waals surface area contributed by atoms with Crippen LogP contribution in [-0.4, -0.2) is 16.7 Å². The zero-order valence-electron chi connectivity index (χ0n) is 9.03. The van der Waals surface area contributed by atoms with Crippen molar-refractivity contribution in [2.75, 3.05) is 7.11 Å². The molecule has 80 valence electrons. The normalized spacial score (nSPS) is 10.9. The lowest BCUT2D eigenvalue weighted by molar-refractivity contribution is 0.415. The number of imidazole rings is 1. The van der Waals surface area contributed by atoms with Crippen LogP contribution >= 0.6 is 0 Å². The number of nitrogens with zero attached hydrogens (tertiary/aromatic N) is 2. The summed E-state index contributed by atoms with van der Waals surface area (Å²) in [6.45, 7) is 3.44. The molecule has 0 amide bonds. The van der Waals surface area contributed by atoms with E-state index in [-0.39, 0.29) is 0 Å². The average molecular weight is 205 g/mol. The largest absolute Gasteiger partial charge is 0.497 e. The summed E-state index contributed by atoms with van der Waals surface area (Å²) >= 11 is 0. The minimum Gasteiger partial charge on any atom is -0.497 e. The molecule has 1 heterocycles. The zero-order chi connectivity index (χ0) is 10.8. The Bertz CT molecular complexity index is 476. The number of fused-ring (bicyclic) bond motifs is 1. The fourth-order valence-corrected chi connectivity index (χ4v) is 1.80. The van der Waals surface area contributed by atoms with Gasteiger partial charge >= 0.3 is 0 Å². The molecule has 1 aromatic heterocycles. The van der Waals surface area contributed by atoms with Gasteiger partial charge in [-0.05, 0) is 19.1 Å². The topological polar surface area (TPSA) is 53.1 Å². The molecule has 0 saturated carbocycles. The maximum atomic E-state index is 5.65. The van der Waals surface area contributed by atoms with Crippen LogP contribution in [0.1, 0.15) is 12.7 Å². The molecule has 0 spiro atoms. The molecule has 0 radical (unpaired) electrons. The second-order valence-corrected chi connectivity index (χ2v) is 3.33. The number of aromatic nitrogens is 2. The minimum absolute atomic E-state index is 0.463. The molecule has 0 aliphatic heterocycles. The van der Waals surface area contributed by atoms with E-state index in [1.165, 1.54) is 0 Å². The highest BCUT2D eigenvalue weighted by atomic mass is 16.5. The Labute approximate surface area is 88.7 Å². The van der Waals surface area contributed by atoms with Gasteiger partial charge in [0.05, 0.1) is 24.7 Å². The maximum Gasteiger partial charge on any atom is 0.123 e. The van der Waals surface area contributed by atoms with E-state index in [2.05, 4.69) is 16.5 Å². The number of rotatable bonds is 3. The van der Waals surface area contributed by atoms with Crippen molar-refractivity contribution in [3.05, 3.63) is 24.0 Å². The Hall–Kier alpha value is -1.55. The zero-order valence-corrected chi connectivity index (χ0v) is 9.03. The molecular formula is C11H15N3O. The molecule has 15 heavy (non-hydrogen) atoms. The highest BCUT2D eigenvalue weighted by Crippen LogP contribution is 2.21. The van der Waals surface area contributed by atoms with Crippen molar-refractivity contribution >= 4 is 11.0 Å². The molecule has 2 rings (SSSR count). The summed E-state index contributed by atoms with van der Waals surface area (Å²) in [4.78, 5) is 4.47. The van der Waals surface area contributed by atoms with E-state index in [0.717, 1.165) is 29.2 Å². The Kier molecular flexibility index (Phi) is 2.60. The Morgan fingerprint density at radius 2 is 2.27 bits per heavy atom. The number of benzene rings is 1. The summed E-state index contributed by atoms with van der Waals surface area (Å²) < 4.78 is 7.28. The van der Waals surface area contributed by atoms with Crippen LogP contribution in [0.2, 0.25) is 0 Å². The molecule has 0 fully saturated rings. The van der Waals surface area contributed by atoms with Crippen LogP contribution in [0.25, 0.3) is 11.0 Å². The number of ether oxygens (including phenoxy) is 1. The van der Waals surface area contributed by atoms with Gasteiger partial charge in [-0.3, -0.25) is 0 Å². The molecular weight excluding hydrogens is 190 g/mol. The van der Waals surface area contributed by atoms with Crippen molar-refractivity contribution in [1.82, 2.24) is 9.55 Å². The standard InChI is InChI=1S/C11H15N3O/c1-3-14-10-5-4-8(15-2)6-9(10)13-11(14)7-12/h4-6H,3,7,12H2,1-2H3. The van der Waals surface area contributed by atoms with Crippen molar-refractivity contribution in [1.29, 1.82) is 0 Å². The molecule has 2 aromatic rings. The van der Waals surface area contributed by atoms with E-state index < -0.39 is 0 Å². The van der Waals surface area contributed by atoms with E-state index in [1.54, 1.807) is 7.11 Å². The van der Waals surface area contributed by atoms with Crippen molar-refractivity contribution in [2.24, 2.45) is 5.73 Å². The van der Waals surface area contributed by atoms with Gasteiger partial charge in [0.15, 0.2) is 0 Å². The van der Waals surface area contributed by atoms with Gasteiger partial charge in [-0.2, -0.15) is 0 Å². The molecule has 0 saturated heterocycles. The second kappa shape index (κ2) is 3.90. The van der Waals surface area contributed by atoms with Crippen LogP contribution in [0, 0.1) is 0 Å². The first kappa shape index (κ1) is 9.98. The lowest BCUT2D eigenvalue weighted by Crippen LogP contribution is -2.06. The molecule has 1 aromatic carbocycles. The van der Waals surface area contributed by atoms with E-state index in [1.807, 2.05) is 18.2 Å². The Balaban J connectivity index is 2.65. The molecule has 0 aliphatic rings. The quantitative estimate of drug-likeness (QED) is 0.826. The van der Waals surface area contributed by atoms with Crippen LogP contribution in [0.3, 0.4) is 0 Å². The third-order valence-electron chi connectivity index (χ3n) is 2.53. The van der Waals surface area contributed by atoms with Crippen molar-refractivity contribution < 1.29 is 4.74 Å². The third kappa shape index (κ3) is 1.57.